The molecule has 1 aliphatic rings. The Bertz CT molecular complexity index is 1240. The second-order valence-electron chi connectivity index (χ2n) is 8.34. The summed E-state index contributed by atoms with van der Waals surface area (Å²) in [5.41, 5.74) is 6.10. The summed E-state index contributed by atoms with van der Waals surface area (Å²) in [6.45, 7) is 4.08. The highest BCUT2D eigenvalue weighted by Gasteiger charge is 2.27. The van der Waals surface area contributed by atoms with Crippen LogP contribution in [0.1, 0.15) is 30.9 Å². The molecule has 3 aromatic rings. The monoisotopic (exact) mass is 436 g/mol. The molecular formula is C30H28O3. The van der Waals surface area contributed by atoms with Crippen molar-refractivity contribution in [2.24, 2.45) is 5.92 Å². The maximum absolute atomic E-state index is 10.9. The Kier molecular flexibility index (Phi) is 6.50. The molecule has 0 aliphatic heterocycles. The molecule has 2 atom stereocenters. The van der Waals surface area contributed by atoms with Crippen LogP contribution in [0.4, 0.5) is 0 Å². The van der Waals surface area contributed by atoms with Crippen LogP contribution in [0.25, 0.3) is 16.7 Å². The second-order valence-corrected chi connectivity index (χ2v) is 8.34. The van der Waals surface area contributed by atoms with Gasteiger partial charge in [0.1, 0.15) is 17.2 Å². The second kappa shape index (κ2) is 9.66. The van der Waals surface area contributed by atoms with Gasteiger partial charge in [0.15, 0.2) is 0 Å². The van der Waals surface area contributed by atoms with Crippen molar-refractivity contribution in [3.05, 3.63) is 120 Å². The van der Waals surface area contributed by atoms with E-state index >= 15 is 0 Å². The standard InChI is InChI=1S/C30H28O3/c1-3-4-5-20(2)30(25-7-6-23(18-25)21-8-13-26(31)14-9-21)28-19-24(12-17-29(28)33)22-10-15-27(32)16-11-22/h3-19,25,30-33H,1-2H3/b4-3-,20-5+. The first-order valence-electron chi connectivity index (χ1n) is 11.1. The number of hydrogen-bond donors (Lipinski definition) is 3. The van der Waals surface area contributed by atoms with Crippen LogP contribution in [0.2, 0.25) is 0 Å². The van der Waals surface area contributed by atoms with Gasteiger partial charge in [-0.05, 0) is 72.5 Å². The zero-order chi connectivity index (χ0) is 23.4. The van der Waals surface area contributed by atoms with Crippen molar-refractivity contribution in [3.8, 4) is 28.4 Å². The minimum Gasteiger partial charge on any atom is -0.508 e. The smallest absolute Gasteiger partial charge is 0.119 e. The Hall–Kier alpha value is -3.98. The highest BCUT2D eigenvalue weighted by Crippen LogP contribution is 2.43. The maximum Gasteiger partial charge on any atom is 0.119 e. The fourth-order valence-corrected chi connectivity index (χ4v) is 4.33. The lowest BCUT2D eigenvalue weighted by atomic mass is 9.80. The molecule has 1 aliphatic carbocycles. The Balaban J connectivity index is 1.77. The van der Waals surface area contributed by atoms with Crippen LogP contribution in [0.3, 0.4) is 0 Å². The van der Waals surface area contributed by atoms with Gasteiger partial charge in [0.25, 0.3) is 0 Å². The molecule has 3 heteroatoms. The first-order valence-corrected chi connectivity index (χ1v) is 11.1. The van der Waals surface area contributed by atoms with Crippen molar-refractivity contribution < 1.29 is 15.3 Å². The predicted molar refractivity (Wildman–Crippen MR) is 135 cm³/mol. The highest BCUT2D eigenvalue weighted by atomic mass is 16.3. The minimum atomic E-state index is -0.0517. The van der Waals surface area contributed by atoms with Crippen LogP contribution in [0.15, 0.2) is 109 Å². The number of phenolic OH excluding ortho intramolecular Hbond substituents is 3. The quantitative estimate of drug-likeness (QED) is 0.354. The van der Waals surface area contributed by atoms with Crippen molar-refractivity contribution in [3.63, 3.8) is 0 Å². The number of benzene rings is 3. The Morgan fingerprint density at radius 3 is 2.06 bits per heavy atom. The fraction of sp³-hybridized carbons (Fsp3) is 0.133. The zero-order valence-electron chi connectivity index (χ0n) is 18.8. The van der Waals surface area contributed by atoms with E-state index in [0.29, 0.717) is 0 Å². The number of phenols is 3. The molecule has 2 unspecified atom stereocenters. The van der Waals surface area contributed by atoms with Crippen LogP contribution < -0.4 is 0 Å². The summed E-state index contributed by atoms with van der Waals surface area (Å²) in [6.07, 6.45) is 12.6. The SMILES string of the molecule is C/C=C\C=C(/C)C(c1cc(-c2ccc(O)cc2)ccc1O)C1C=CC(c2ccc(O)cc2)=C1. The van der Waals surface area contributed by atoms with Gasteiger partial charge in [-0.25, -0.2) is 0 Å². The third-order valence-corrected chi connectivity index (χ3v) is 6.06. The van der Waals surface area contributed by atoms with Gasteiger partial charge in [-0.1, -0.05) is 72.4 Å². The molecule has 0 saturated heterocycles. The summed E-state index contributed by atoms with van der Waals surface area (Å²) in [6, 6.07) is 20.0. The molecule has 3 N–H and O–H groups in total. The summed E-state index contributed by atoms with van der Waals surface area (Å²) >= 11 is 0. The number of rotatable bonds is 6. The van der Waals surface area contributed by atoms with E-state index in [1.54, 1.807) is 30.3 Å². The maximum atomic E-state index is 10.9. The van der Waals surface area contributed by atoms with Gasteiger partial charge in [0.05, 0.1) is 0 Å². The van der Waals surface area contributed by atoms with Gasteiger partial charge in [-0.2, -0.15) is 0 Å². The third-order valence-electron chi connectivity index (χ3n) is 6.06. The molecular weight excluding hydrogens is 408 g/mol. The average Bonchev–Trinajstić information content (AvgIpc) is 3.30. The topological polar surface area (TPSA) is 60.7 Å². The molecule has 0 spiro atoms. The number of hydrogen-bond acceptors (Lipinski definition) is 3. The minimum absolute atomic E-state index is 0.0517. The summed E-state index contributed by atoms with van der Waals surface area (Å²) in [5, 5.41) is 30.1. The van der Waals surface area contributed by atoms with Crippen molar-refractivity contribution in [1.29, 1.82) is 0 Å². The van der Waals surface area contributed by atoms with E-state index < -0.39 is 0 Å². The lowest BCUT2D eigenvalue weighted by molar-refractivity contribution is 0.460. The first kappa shape index (κ1) is 22.2. The Labute approximate surface area is 195 Å². The molecule has 3 aromatic carbocycles. The zero-order valence-corrected chi connectivity index (χ0v) is 18.8. The number of aromatic hydroxyl groups is 3. The van der Waals surface area contributed by atoms with Crippen molar-refractivity contribution >= 4 is 5.57 Å². The van der Waals surface area contributed by atoms with E-state index in [4.69, 9.17) is 0 Å². The van der Waals surface area contributed by atoms with Gasteiger partial charge in [-0.3, -0.25) is 0 Å². The molecule has 0 aromatic heterocycles. The largest absolute Gasteiger partial charge is 0.508 e. The molecule has 33 heavy (non-hydrogen) atoms. The van der Waals surface area contributed by atoms with Crippen LogP contribution in [-0.2, 0) is 0 Å². The normalized spacial score (nSPS) is 16.8. The van der Waals surface area contributed by atoms with E-state index in [1.807, 2.05) is 55.5 Å². The predicted octanol–water partition coefficient (Wildman–Crippen LogP) is 7.35. The Morgan fingerprint density at radius 1 is 0.818 bits per heavy atom. The summed E-state index contributed by atoms with van der Waals surface area (Å²) in [7, 11) is 0. The highest BCUT2D eigenvalue weighted by molar-refractivity contribution is 5.78. The molecule has 0 saturated carbocycles. The molecule has 0 radical (unpaired) electrons. The number of allylic oxidation sites excluding steroid dienone is 8. The van der Waals surface area contributed by atoms with Crippen molar-refractivity contribution in [1.82, 2.24) is 0 Å². The lowest BCUT2D eigenvalue weighted by Gasteiger charge is -2.24. The van der Waals surface area contributed by atoms with Gasteiger partial charge in [-0.15, -0.1) is 0 Å². The van der Waals surface area contributed by atoms with Crippen LogP contribution in [0, 0.1) is 5.92 Å². The van der Waals surface area contributed by atoms with E-state index in [1.165, 1.54) is 0 Å². The first-order chi connectivity index (χ1) is 16.0. The average molecular weight is 437 g/mol. The summed E-state index contributed by atoms with van der Waals surface area (Å²) in [4.78, 5) is 0. The molecule has 0 heterocycles. The lowest BCUT2D eigenvalue weighted by Crippen LogP contribution is -2.10. The van der Waals surface area contributed by atoms with Gasteiger partial charge < -0.3 is 15.3 Å². The van der Waals surface area contributed by atoms with Gasteiger partial charge in [0, 0.05) is 17.4 Å². The molecule has 3 nitrogen and oxygen atoms in total. The van der Waals surface area contributed by atoms with Crippen LogP contribution in [-0.4, -0.2) is 15.3 Å². The molecule has 0 amide bonds. The fourth-order valence-electron chi connectivity index (χ4n) is 4.33. The van der Waals surface area contributed by atoms with Crippen LogP contribution >= 0.6 is 0 Å². The molecule has 4 rings (SSSR count). The van der Waals surface area contributed by atoms with Crippen LogP contribution in [0.5, 0.6) is 17.2 Å². The van der Waals surface area contributed by atoms with Gasteiger partial charge in [0.2, 0.25) is 0 Å². The van der Waals surface area contributed by atoms with Gasteiger partial charge >= 0.3 is 0 Å². The van der Waals surface area contributed by atoms with Crippen molar-refractivity contribution in [2.75, 3.05) is 0 Å². The van der Waals surface area contributed by atoms with E-state index in [0.717, 1.165) is 33.4 Å². The van der Waals surface area contributed by atoms with Crippen molar-refractivity contribution in [2.45, 2.75) is 19.8 Å². The van der Waals surface area contributed by atoms with E-state index in [-0.39, 0.29) is 29.1 Å². The molecule has 0 fully saturated rings. The van der Waals surface area contributed by atoms with E-state index in [9.17, 15) is 15.3 Å². The summed E-state index contributed by atoms with van der Waals surface area (Å²) in [5.74, 6) is 0.747. The van der Waals surface area contributed by atoms with E-state index in [2.05, 4.69) is 31.2 Å². The molecule has 166 valence electrons. The third kappa shape index (κ3) is 4.93. The molecule has 0 bridgehead atoms. The summed E-state index contributed by atoms with van der Waals surface area (Å²) < 4.78 is 0. The Morgan fingerprint density at radius 2 is 1.42 bits per heavy atom.